The van der Waals surface area contributed by atoms with E-state index in [0.717, 1.165) is 16.4 Å². The van der Waals surface area contributed by atoms with Gasteiger partial charge in [-0.2, -0.15) is 0 Å². The number of nitrogens with zero attached hydrogens (tertiary/aromatic N) is 2. The fraction of sp³-hybridized carbons (Fsp3) is 0.111. The monoisotopic (exact) mass is 383 g/mol. The first-order chi connectivity index (χ1) is 12.9. The molecule has 2 amide bonds. The number of amides is 2. The van der Waals surface area contributed by atoms with Gasteiger partial charge in [-0.05, 0) is 36.4 Å². The summed E-state index contributed by atoms with van der Waals surface area (Å²) in [6.07, 6.45) is 0. The maximum Gasteiger partial charge on any atom is 0.280 e. The van der Waals surface area contributed by atoms with Gasteiger partial charge in [-0.1, -0.05) is 23.9 Å². The van der Waals surface area contributed by atoms with Gasteiger partial charge in [0, 0.05) is 18.3 Å². The van der Waals surface area contributed by atoms with E-state index in [1.54, 1.807) is 48.5 Å². The molecule has 0 aliphatic carbocycles. The van der Waals surface area contributed by atoms with Crippen molar-refractivity contribution in [2.75, 3.05) is 22.2 Å². The number of para-hydroxylation sites is 1. The number of benzene rings is 2. The lowest BCUT2D eigenvalue weighted by molar-refractivity contribution is -0.114. The lowest BCUT2D eigenvalue weighted by Gasteiger charge is -2.09. The fourth-order valence-corrected chi connectivity index (χ4v) is 3.11. The predicted octanol–water partition coefficient (Wildman–Crippen LogP) is 1.80. The third-order valence-electron chi connectivity index (χ3n) is 3.60. The van der Waals surface area contributed by atoms with Crippen LogP contribution in [0.15, 0.2) is 58.5 Å². The molecule has 0 saturated carbocycles. The van der Waals surface area contributed by atoms with Crippen molar-refractivity contribution < 1.29 is 9.59 Å². The number of nitrogen functional groups attached to an aromatic ring is 1. The Labute approximate surface area is 158 Å². The first-order valence-corrected chi connectivity index (χ1v) is 9.00. The Morgan fingerprint density at radius 2 is 1.70 bits per heavy atom. The Hall–Kier alpha value is -3.33. The molecular formula is C18H17N5O3S. The number of nitrogens with one attached hydrogen (secondary N) is 2. The molecule has 8 nitrogen and oxygen atoms in total. The average Bonchev–Trinajstić information content (AvgIpc) is 2.65. The van der Waals surface area contributed by atoms with E-state index in [4.69, 9.17) is 5.84 Å². The van der Waals surface area contributed by atoms with Crippen molar-refractivity contribution in [3.05, 3.63) is 58.9 Å². The molecule has 4 N–H and O–H groups in total. The van der Waals surface area contributed by atoms with E-state index < -0.39 is 0 Å². The number of nitrogens with two attached hydrogens (primary N) is 1. The molecule has 1 aromatic heterocycles. The third kappa shape index (κ3) is 4.45. The Kier molecular flexibility index (Phi) is 5.41. The van der Waals surface area contributed by atoms with Gasteiger partial charge in [-0.3, -0.25) is 14.4 Å². The van der Waals surface area contributed by atoms with E-state index in [9.17, 15) is 14.4 Å². The van der Waals surface area contributed by atoms with Gasteiger partial charge in [0.25, 0.3) is 5.56 Å². The van der Waals surface area contributed by atoms with Gasteiger partial charge in [0.05, 0.1) is 16.7 Å². The lowest BCUT2D eigenvalue weighted by atomic mass is 10.2. The lowest BCUT2D eigenvalue weighted by Crippen LogP contribution is -2.30. The molecular weight excluding hydrogens is 366 g/mol. The number of hydrogen-bond acceptors (Lipinski definition) is 6. The second-order valence-electron chi connectivity index (χ2n) is 5.68. The zero-order valence-corrected chi connectivity index (χ0v) is 15.2. The Morgan fingerprint density at radius 1 is 1.07 bits per heavy atom. The highest BCUT2D eigenvalue weighted by Gasteiger charge is 2.11. The molecule has 3 aromatic rings. The van der Waals surface area contributed by atoms with Crippen LogP contribution in [0.1, 0.15) is 6.92 Å². The van der Waals surface area contributed by atoms with Crippen molar-refractivity contribution >= 4 is 45.9 Å². The maximum absolute atomic E-state index is 12.2. The Balaban J connectivity index is 1.65. The van der Waals surface area contributed by atoms with Crippen molar-refractivity contribution in [3.63, 3.8) is 0 Å². The topological polar surface area (TPSA) is 119 Å². The highest BCUT2D eigenvalue weighted by Crippen LogP contribution is 2.18. The number of anilines is 2. The van der Waals surface area contributed by atoms with E-state index in [1.165, 1.54) is 6.92 Å². The van der Waals surface area contributed by atoms with Crippen LogP contribution < -0.4 is 22.0 Å². The molecule has 9 heteroatoms. The van der Waals surface area contributed by atoms with Gasteiger partial charge in [-0.15, -0.1) is 0 Å². The van der Waals surface area contributed by atoms with Crippen LogP contribution in [0.25, 0.3) is 10.9 Å². The summed E-state index contributed by atoms with van der Waals surface area (Å²) in [6, 6.07) is 13.6. The maximum atomic E-state index is 12.2. The average molecular weight is 383 g/mol. The molecule has 2 aromatic carbocycles. The first-order valence-electron chi connectivity index (χ1n) is 8.01. The van der Waals surface area contributed by atoms with Gasteiger partial charge in [0.2, 0.25) is 11.8 Å². The Morgan fingerprint density at radius 3 is 2.37 bits per heavy atom. The van der Waals surface area contributed by atoms with Crippen molar-refractivity contribution in [3.8, 4) is 0 Å². The zero-order valence-electron chi connectivity index (χ0n) is 14.4. The van der Waals surface area contributed by atoms with Crippen LogP contribution in [-0.4, -0.2) is 27.2 Å². The minimum absolute atomic E-state index is 0.0371. The summed E-state index contributed by atoms with van der Waals surface area (Å²) >= 11 is 1.07. The summed E-state index contributed by atoms with van der Waals surface area (Å²) in [5, 5.41) is 6.07. The van der Waals surface area contributed by atoms with Gasteiger partial charge in [0.1, 0.15) is 0 Å². The number of rotatable bonds is 5. The summed E-state index contributed by atoms with van der Waals surface area (Å²) in [5.74, 6) is 5.40. The summed E-state index contributed by atoms with van der Waals surface area (Å²) in [7, 11) is 0. The number of carbonyl (C=O) groups excluding carboxylic acids is 2. The second kappa shape index (κ2) is 7.92. The van der Waals surface area contributed by atoms with Crippen molar-refractivity contribution in [1.29, 1.82) is 0 Å². The van der Waals surface area contributed by atoms with Crippen LogP contribution in [0.5, 0.6) is 0 Å². The minimum atomic E-state index is -0.364. The molecule has 0 aliphatic heterocycles. The molecule has 0 spiro atoms. The van der Waals surface area contributed by atoms with Crippen LogP contribution in [0.3, 0.4) is 0 Å². The van der Waals surface area contributed by atoms with E-state index in [-0.39, 0.29) is 28.3 Å². The van der Waals surface area contributed by atoms with Crippen LogP contribution in [0.4, 0.5) is 11.4 Å². The van der Waals surface area contributed by atoms with E-state index in [1.807, 2.05) is 0 Å². The molecule has 0 unspecified atom stereocenters. The van der Waals surface area contributed by atoms with Crippen LogP contribution >= 0.6 is 11.8 Å². The number of aromatic nitrogens is 2. The number of thioether (sulfide) groups is 1. The van der Waals surface area contributed by atoms with Crippen LogP contribution in [0.2, 0.25) is 0 Å². The molecule has 0 aliphatic rings. The predicted molar refractivity (Wildman–Crippen MR) is 106 cm³/mol. The number of hydrogen-bond donors (Lipinski definition) is 3. The van der Waals surface area contributed by atoms with Crippen molar-refractivity contribution in [2.45, 2.75) is 12.1 Å². The first kappa shape index (κ1) is 18.5. The van der Waals surface area contributed by atoms with Gasteiger partial charge in [-0.25, -0.2) is 9.66 Å². The van der Waals surface area contributed by atoms with Crippen molar-refractivity contribution in [2.24, 2.45) is 0 Å². The van der Waals surface area contributed by atoms with Gasteiger partial charge < -0.3 is 16.5 Å². The summed E-state index contributed by atoms with van der Waals surface area (Å²) in [4.78, 5) is 39.7. The molecule has 0 bridgehead atoms. The molecule has 27 heavy (non-hydrogen) atoms. The quantitative estimate of drug-likeness (QED) is 0.351. The highest BCUT2D eigenvalue weighted by atomic mass is 32.2. The smallest absolute Gasteiger partial charge is 0.280 e. The summed E-state index contributed by atoms with van der Waals surface area (Å²) in [5.41, 5.74) is 1.39. The number of carbonyl (C=O) groups is 2. The second-order valence-corrected chi connectivity index (χ2v) is 6.62. The number of fused-ring (bicyclic) bond motifs is 1. The Bertz CT molecular complexity index is 1060. The van der Waals surface area contributed by atoms with E-state index in [2.05, 4.69) is 15.6 Å². The molecule has 138 valence electrons. The molecule has 0 atom stereocenters. The van der Waals surface area contributed by atoms with Crippen molar-refractivity contribution in [1.82, 2.24) is 9.66 Å². The van der Waals surface area contributed by atoms with Crippen LogP contribution in [-0.2, 0) is 9.59 Å². The molecule has 0 fully saturated rings. The highest BCUT2D eigenvalue weighted by molar-refractivity contribution is 7.99. The molecule has 0 radical (unpaired) electrons. The zero-order chi connectivity index (χ0) is 19.4. The van der Waals surface area contributed by atoms with E-state index in [0.29, 0.717) is 22.3 Å². The minimum Gasteiger partial charge on any atom is -0.334 e. The summed E-state index contributed by atoms with van der Waals surface area (Å²) < 4.78 is 0.947. The molecule has 0 saturated heterocycles. The largest absolute Gasteiger partial charge is 0.334 e. The molecule has 1 heterocycles. The normalized spacial score (nSPS) is 10.6. The molecule has 3 rings (SSSR count). The van der Waals surface area contributed by atoms with Gasteiger partial charge in [0.15, 0.2) is 5.16 Å². The fourth-order valence-electron chi connectivity index (χ4n) is 2.39. The van der Waals surface area contributed by atoms with E-state index >= 15 is 0 Å². The standard InChI is InChI=1S/C18H17N5O3S/c1-11(24)20-12-6-8-13(9-7-12)21-16(25)10-27-18-22-15-5-3-2-4-14(15)17(26)23(18)19/h2-9H,10,19H2,1H3,(H,20,24)(H,21,25). The third-order valence-corrected chi connectivity index (χ3v) is 4.55. The SMILES string of the molecule is CC(=O)Nc1ccc(NC(=O)CSc2nc3ccccc3c(=O)n2N)cc1. The van der Waals surface area contributed by atoms with Crippen LogP contribution in [0, 0.1) is 0 Å². The summed E-state index contributed by atoms with van der Waals surface area (Å²) in [6.45, 7) is 1.42. The van der Waals surface area contributed by atoms with Gasteiger partial charge >= 0.3 is 0 Å².